The number of nitrogens with zero attached hydrogens (tertiary/aromatic N) is 1. The van der Waals surface area contributed by atoms with Gasteiger partial charge in [0, 0.05) is 6.20 Å². The van der Waals surface area contributed by atoms with Gasteiger partial charge in [-0.05, 0) is 56.5 Å². The Morgan fingerprint density at radius 2 is 1.86 bits per heavy atom. The van der Waals surface area contributed by atoms with Crippen molar-refractivity contribution in [2.45, 2.75) is 27.7 Å². The first kappa shape index (κ1) is 15.0. The lowest BCUT2D eigenvalue weighted by Crippen LogP contribution is -2.21. The second-order valence-corrected chi connectivity index (χ2v) is 5.13. The van der Waals surface area contributed by atoms with Gasteiger partial charge in [0.2, 0.25) is 0 Å². The summed E-state index contributed by atoms with van der Waals surface area (Å²) in [6.45, 7) is 7.84. The molecule has 0 unspecified atom stereocenters. The number of pyridine rings is 1. The van der Waals surface area contributed by atoms with E-state index < -0.39 is 0 Å². The van der Waals surface area contributed by atoms with Gasteiger partial charge in [-0.25, -0.2) is 0 Å². The number of aromatic nitrogens is 1. The second-order valence-electron chi connectivity index (χ2n) is 5.13. The number of hydrogen-bond acceptors (Lipinski definition) is 3. The van der Waals surface area contributed by atoms with Gasteiger partial charge in [0.1, 0.15) is 5.75 Å². The molecule has 0 aliphatic rings. The third-order valence-electron chi connectivity index (χ3n) is 3.50. The molecule has 0 fully saturated rings. The molecule has 4 nitrogen and oxygen atoms in total. The van der Waals surface area contributed by atoms with Crippen LogP contribution in [0.3, 0.4) is 0 Å². The smallest absolute Gasteiger partial charge is 0.262 e. The zero-order chi connectivity index (χ0) is 15.4. The van der Waals surface area contributed by atoms with Crippen LogP contribution in [0.15, 0.2) is 30.5 Å². The highest BCUT2D eigenvalue weighted by Crippen LogP contribution is 2.25. The average molecular weight is 284 g/mol. The fraction of sp³-hybridized carbons (Fsp3) is 0.294. The zero-order valence-corrected chi connectivity index (χ0v) is 12.9. The topological polar surface area (TPSA) is 51.2 Å². The van der Waals surface area contributed by atoms with Crippen LogP contribution in [-0.2, 0) is 4.79 Å². The normalized spacial score (nSPS) is 10.3. The molecule has 21 heavy (non-hydrogen) atoms. The Morgan fingerprint density at radius 3 is 2.57 bits per heavy atom. The maximum absolute atomic E-state index is 12.0. The molecule has 2 rings (SSSR count). The van der Waals surface area contributed by atoms with E-state index in [4.69, 9.17) is 4.74 Å². The molecule has 1 heterocycles. The number of hydrogen-bond donors (Lipinski definition) is 1. The standard InChI is InChI=1S/C17H20N2O2/c1-11-7-8-12(2)17(13(11)3)21-10-16(20)19-15-6-5-9-18-14(15)4/h5-9H,10H2,1-4H3,(H,19,20). The van der Waals surface area contributed by atoms with Crippen LogP contribution < -0.4 is 10.1 Å². The third-order valence-corrected chi connectivity index (χ3v) is 3.50. The van der Waals surface area contributed by atoms with Gasteiger partial charge in [-0.15, -0.1) is 0 Å². The summed E-state index contributed by atoms with van der Waals surface area (Å²) < 4.78 is 5.69. The first-order valence-electron chi connectivity index (χ1n) is 6.90. The summed E-state index contributed by atoms with van der Waals surface area (Å²) in [6.07, 6.45) is 1.70. The maximum atomic E-state index is 12.0. The summed E-state index contributed by atoms with van der Waals surface area (Å²) in [4.78, 5) is 16.1. The first-order chi connectivity index (χ1) is 9.99. The molecule has 0 saturated carbocycles. The molecule has 1 aromatic heterocycles. The minimum Gasteiger partial charge on any atom is -0.483 e. The number of carbonyl (C=O) groups excluding carboxylic acids is 1. The Balaban J connectivity index is 2.02. The minimum absolute atomic E-state index is 0.0144. The summed E-state index contributed by atoms with van der Waals surface area (Å²) in [5.74, 6) is 0.597. The van der Waals surface area contributed by atoms with Crippen molar-refractivity contribution in [1.29, 1.82) is 0 Å². The molecule has 0 bridgehead atoms. The van der Waals surface area contributed by atoms with Crippen LogP contribution in [0.25, 0.3) is 0 Å². The van der Waals surface area contributed by atoms with Gasteiger partial charge < -0.3 is 10.1 Å². The summed E-state index contributed by atoms with van der Waals surface area (Å²) in [6, 6.07) is 7.67. The van der Waals surface area contributed by atoms with Gasteiger partial charge in [-0.1, -0.05) is 12.1 Å². The number of anilines is 1. The van der Waals surface area contributed by atoms with Crippen molar-refractivity contribution in [2.24, 2.45) is 0 Å². The number of amides is 1. The molecule has 0 spiro atoms. The van der Waals surface area contributed by atoms with E-state index in [2.05, 4.69) is 16.4 Å². The number of nitrogens with one attached hydrogen (secondary N) is 1. The van der Waals surface area contributed by atoms with Crippen LogP contribution in [0.1, 0.15) is 22.4 Å². The second kappa shape index (κ2) is 6.39. The maximum Gasteiger partial charge on any atom is 0.262 e. The number of carbonyl (C=O) groups is 1. The molecule has 1 amide bonds. The molecule has 0 saturated heterocycles. The Bertz CT molecular complexity index is 666. The number of aryl methyl sites for hydroxylation is 3. The van der Waals surface area contributed by atoms with E-state index >= 15 is 0 Å². The largest absolute Gasteiger partial charge is 0.483 e. The van der Waals surface area contributed by atoms with Crippen LogP contribution >= 0.6 is 0 Å². The first-order valence-corrected chi connectivity index (χ1v) is 6.90. The van der Waals surface area contributed by atoms with Gasteiger partial charge in [0.15, 0.2) is 6.61 Å². The third kappa shape index (κ3) is 3.60. The summed E-state index contributed by atoms with van der Waals surface area (Å²) in [5.41, 5.74) is 4.75. The quantitative estimate of drug-likeness (QED) is 0.937. The summed E-state index contributed by atoms with van der Waals surface area (Å²) in [7, 11) is 0. The molecule has 0 atom stereocenters. The van der Waals surface area contributed by atoms with Gasteiger partial charge in [0.25, 0.3) is 5.91 Å². The highest BCUT2D eigenvalue weighted by atomic mass is 16.5. The van der Waals surface area contributed by atoms with Crippen LogP contribution in [0.4, 0.5) is 5.69 Å². The lowest BCUT2D eigenvalue weighted by molar-refractivity contribution is -0.118. The fourth-order valence-electron chi connectivity index (χ4n) is 2.09. The van der Waals surface area contributed by atoms with E-state index in [-0.39, 0.29) is 12.5 Å². The Labute approximate surface area is 125 Å². The van der Waals surface area contributed by atoms with Gasteiger partial charge >= 0.3 is 0 Å². The van der Waals surface area contributed by atoms with Crippen molar-refractivity contribution in [2.75, 3.05) is 11.9 Å². The van der Waals surface area contributed by atoms with E-state index in [9.17, 15) is 4.79 Å². The number of rotatable bonds is 4. The molecule has 0 aliphatic carbocycles. The predicted molar refractivity (Wildman–Crippen MR) is 83.8 cm³/mol. The molecule has 2 aromatic rings. The van der Waals surface area contributed by atoms with Gasteiger partial charge in [0.05, 0.1) is 11.4 Å². The average Bonchev–Trinajstić information content (AvgIpc) is 2.45. The molecule has 4 heteroatoms. The van der Waals surface area contributed by atoms with Crippen molar-refractivity contribution in [3.63, 3.8) is 0 Å². The molecule has 110 valence electrons. The monoisotopic (exact) mass is 284 g/mol. The van der Waals surface area contributed by atoms with E-state index in [1.807, 2.05) is 39.8 Å². The Kier molecular flexibility index (Phi) is 4.58. The molecule has 1 N–H and O–H groups in total. The summed E-state index contributed by atoms with van der Waals surface area (Å²) >= 11 is 0. The molecule has 0 aliphatic heterocycles. The van der Waals surface area contributed by atoms with Crippen LogP contribution in [-0.4, -0.2) is 17.5 Å². The van der Waals surface area contributed by atoms with E-state index in [1.54, 1.807) is 12.3 Å². The van der Waals surface area contributed by atoms with E-state index in [0.29, 0.717) is 5.69 Å². The van der Waals surface area contributed by atoms with Crippen LogP contribution in [0.2, 0.25) is 0 Å². The van der Waals surface area contributed by atoms with E-state index in [1.165, 1.54) is 0 Å². The Morgan fingerprint density at radius 1 is 1.14 bits per heavy atom. The van der Waals surface area contributed by atoms with Crippen molar-refractivity contribution in [3.05, 3.63) is 52.8 Å². The SMILES string of the molecule is Cc1ccc(C)c(OCC(=O)Nc2cccnc2C)c1C. The molecule has 0 radical (unpaired) electrons. The lowest BCUT2D eigenvalue weighted by Gasteiger charge is -2.14. The van der Waals surface area contributed by atoms with Crippen LogP contribution in [0.5, 0.6) is 5.75 Å². The fourth-order valence-corrected chi connectivity index (χ4v) is 2.09. The predicted octanol–water partition coefficient (Wildman–Crippen LogP) is 3.33. The van der Waals surface area contributed by atoms with Crippen molar-refractivity contribution in [3.8, 4) is 5.75 Å². The van der Waals surface area contributed by atoms with Crippen molar-refractivity contribution in [1.82, 2.24) is 4.98 Å². The lowest BCUT2D eigenvalue weighted by atomic mass is 10.1. The van der Waals surface area contributed by atoms with E-state index in [0.717, 1.165) is 28.1 Å². The molecular weight excluding hydrogens is 264 g/mol. The molecule has 1 aromatic carbocycles. The number of ether oxygens (including phenoxy) is 1. The van der Waals surface area contributed by atoms with Gasteiger partial charge in [-0.3, -0.25) is 9.78 Å². The zero-order valence-electron chi connectivity index (χ0n) is 12.9. The number of benzene rings is 1. The highest BCUT2D eigenvalue weighted by Gasteiger charge is 2.10. The minimum atomic E-state index is -0.189. The Hall–Kier alpha value is -2.36. The van der Waals surface area contributed by atoms with Crippen LogP contribution in [0, 0.1) is 27.7 Å². The van der Waals surface area contributed by atoms with Crippen molar-refractivity contribution >= 4 is 11.6 Å². The molecular formula is C17H20N2O2. The highest BCUT2D eigenvalue weighted by molar-refractivity contribution is 5.92. The van der Waals surface area contributed by atoms with Crippen molar-refractivity contribution < 1.29 is 9.53 Å². The summed E-state index contributed by atoms with van der Waals surface area (Å²) in [5, 5.41) is 2.81. The van der Waals surface area contributed by atoms with Gasteiger partial charge in [-0.2, -0.15) is 0 Å².